The molecule has 4 rings (SSSR count). The van der Waals surface area contributed by atoms with E-state index in [-0.39, 0.29) is 23.8 Å². The summed E-state index contributed by atoms with van der Waals surface area (Å²) in [6.45, 7) is 8.59. The second kappa shape index (κ2) is 12.9. The van der Waals surface area contributed by atoms with E-state index in [9.17, 15) is 13.3 Å². The Hall–Kier alpha value is -2.41. The summed E-state index contributed by atoms with van der Waals surface area (Å²) >= 11 is 0. The van der Waals surface area contributed by atoms with Crippen LogP contribution in [0.2, 0.25) is 0 Å². The predicted molar refractivity (Wildman–Crippen MR) is 142 cm³/mol. The van der Waals surface area contributed by atoms with Crippen molar-refractivity contribution in [3.05, 3.63) is 107 Å². The number of hydrogen-bond acceptors (Lipinski definition) is 5. The van der Waals surface area contributed by atoms with Gasteiger partial charge in [0.05, 0.1) is 25.4 Å². The lowest BCUT2D eigenvalue weighted by atomic mass is 9.96. The van der Waals surface area contributed by atoms with Gasteiger partial charge in [0, 0.05) is 32.7 Å². The summed E-state index contributed by atoms with van der Waals surface area (Å²) in [7, 11) is -3.12. The van der Waals surface area contributed by atoms with Crippen molar-refractivity contribution in [1.82, 2.24) is 9.80 Å². The van der Waals surface area contributed by atoms with Crippen molar-refractivity contribution >= 4 is 7.60 Å². The number of nitrogens with zero attached hydrogens (tertiary/aromatic N) is 2. The van der Waals surface area contributed by atoms with Crippen molar-refractivity contribution in [2.75, 3.05) is 39.4 Å². The maximum absolute atomic E-state index is 13.6. The quantitative estimate of drug-likeness (QED) is 0.261. The fraction of sp³-hybridized carbons (Fsp3) is 0.379. The largest absolute Gasteiger partial charge is 0.335 e. The molecular formula is C29H35F2N2O3P. The van der Waals surface area contributed by atoms with Crippen molar-refractivity contribution in [2.45, 2.75) is 32.6 Å². The van der Waals surface area contributed by atoms with E-state index in [0.29, 0.717) is 13.2 Å². The van der Waals surface area contributed by atoms with Crippen molar-refractivity contribution in [1.29, 1.82) is 0 Å². The SMILES string of the molecule is CCOP(=O)(Cc1ccc(CN2CCN(C(c3ccc(F)cc3)c3ccc(F)cc3)CC2)cc1)OCC. The number of rotatable bonds is 11. The molecule has 37 heavy (non-hydrogen) atoms. The lowest BCUT2D eigenvalue weighted by molar-refractivity contribution is 0.105. The normalized spacial score (nSPS) is 15.4. The van der Waals surface area contributed by atoms with E-state index in [0.717, 1.165) is 49.4 Å². The third kappa shape index (κ3) is 7.56. The molecule has 1 saturated heterocycles. The smallest absolute Gasteiger partial charge is 0.309 e. The Morgan fingerprint density at radius 1 is 0.730 bits per heavy atom. The minimum absolute atomic E-state index is 0.0611. The Labute approximate surface area is 218 Å². The highest BCUT2D eigenvalue weighted by Crippen LogP contribution is 2.51. The van der Waals surface area contributed by atoms with Crippen LogP contribution in [0.3, 0.4) is 0 Å². The van der Waals surface area contributed by atoms with Gasteiger partial charge in [0.2, 0.25) is 0 Å². The van der Waals surface area contributed by atoms with Crippen molar-refractivity contribution in [3.8, 4) is 0 Å². The Bertz CT molecular complexity index is 1110. The molecule has 1 heterocycles. The van der Waals surface area contributed by atoms with Crippen LogP contribution < -0.4 is 0 Å². The Morgan fingerprint density at radius 3 is 1.65 bits per heavy atom. The summed E-state index contributed by atoms with van der Waals surface area (Å²) in [4.78, 5) is 4.78. The molecule has 8 heteroatoms. The lowest BCUT2D eigenvalue weighted by Gasteiger charge is -2.40. The van der Waals surface area contributed by atoms with Crippen LogP contribution in [0.1, 0.15) is 42.1 Å². The van der Waals surface area contributed by atoms with Crippen molar-refractivity contribution in [2.24, 2.45) is 0 Å². The van der Waals surface area contributed by atoms with Gasteiger partial charge in [0.15, 0.2) is 0 Å². The molecule has 0 N–H and O–H groups in total. The Balaban J connectivity index is 1.38. The molecule has 3 aromatic rings. The average Bonchev–Trinajstić information content (AvgIpc) is 2.89. The highest BCUT2D eigenvalue weighted by Gasteiger charge is 2.27. The van der Waals surface area contributed by atoms with Crippen LogP contribution in [0, 0.1) is 11.6 Å². The highest BCUT2D eigenvalue weighted by molar-refractivity contribution is 7.53. The monoisotopic (exact) mass is 528 g/mol. The molecule has 3 aromatic carbocycles. The van der Waals surface area contributed by atoms with E-state index in [1.807, 2.05) is 50.2 Å². The fourth-order valence-electron chi connectivity index (χ4n) is 4.84. The van der Waals surface area contributed by atoms with E-state index in [1.165, 1.54) is 29.8 Å². The molecule has 0 atom stereocenters. The van der Waals surface area contributed by atoms with E-state index < -0.39 is 7.60 Å². The van der Waals surface area contributed by atoms with Gasteiger partial charge in [-0.3, -0.25) is 14.4 Å². The van der Waals surface area contributed by atoms with Gasteiger partial charge in [-0.15, -0.1) is 0 Å². The topological polar surface area (TPSA) is 42.0 Å². The van der Waals surface area contributed by atoms with Crippen LogP contribution in [0.25, 0.3) is 0 Å². The van der Waals surface area contributed by atoms with E-state index in [1.54, 1.807) is 0 Å². The molecule has 1 fully saturated rings. The summed E-state index contributed by atoms with van der Waals surface area (Å²) in [5.74, 6) is -0.535. The lowest BCUT2D eigenvalue weighted by Crippen LogP contribution is -2.47. The number of halogens is 2. The molecule has 198 valence electrons. The van der Waals surface area contributed by atoms with E-state index in [4.69, 9.17) is 9.05 Å². The van der Waals surface area contributed by atoms with Crippen LogP contribution in [0.4, 0.5) is 8.78 Å². The second-order valence-electron chi connectivity index (χ2n) is 9.24. The summed E-state index contributed by atoms with van der Waals surface area (Å²) in [6.07, 6.45) is 0.266. The number of piperazine rings is 1. The van der Waals surface area contributed by atoms with Crippen LogP contribution in [0.15, 0.2) is 72.8 Å². The molecule has 0 saturated carbocycles. The minimum Gasteiger partial charge on any atom is -0.309 e. The number of benzene rings is 3. The molecule has 0 amide bonds. The van der Waals surface area contributed by atoms with Gasteiger partial charge >= 0.3 is 7.60 Å². The standard InChI is InChI=1S/C29H35F2N2O3P/c1-3-35-37(34,36-4-2)22-24-7-5-23(6-8-24)21-32-17-19-33(20-18-32)29(25-9-13-27(30)14-10-25)26-11-15-28(31)16-12-26/h5-16,29H,3-4,17-22H2,1-2H3. The van der Waals surface area contributed by atoms with Crippen molar-refractivity contribution in [3.63, 3.8) is 0 Å². The molecule has 0 unspecified atom stereocenters. The molecule has 0 spiro atoms. The Kier molecular flexibility index (Phi) is 9.63. The predicted octanol–water partition coefficient (Wildman–Crippen LogP) is 6.64. The van der Waals surface area contributed by atoms with Crippen LogP contribution in [0.5, 0.6) is 0 Å². The van der Waals surface area contributed by atoms with Gasteiger partial charge in [-0.05, 0) is 60.4 Å². The first-order chi connectivity index (χ1) is 17.9. The summed E-state index contributed by atoms with van der Waals surface area (Å²) < 4.78 is 50.8. The van der Waals surface area contributed by atoms with Gasteiger partial charge in [0.1, 0.15) is 11.6 Å². The van der Waals surface area contributed by atoms with Crippen LogP contribution in [-0.4, -0.2) is 49.2 Å². The first-order valence-corrected chi connectivity index (χ1v) is 14.5. The zero-order chi connectivity index (χ0) is 26.3. The summed E-state index contributed by atoms with van der Waals surface area (Å²) in [5, 5.41) is 0. The third-order valence-corrected chi connectivity index (χ3v) is 8.66. The van der Waals surface area contributed by atoms with Crippen LogP contribution >= 0.6 is 7.60 Å². The molecule has 1 aliphatic rings. The van der Waals surface area contributed by atoms with Crippen LogP contribution in [-0.2, 0) is 26.3 Å². The molecule has 0 aromatic heterocycles. The van der Waals surface area contributed by atoms with E-state index in [2.05, 4.69) is 21.9 Å². The second-order valence-corrected chi connectivity index (χ2v) is 11.3. The first-order valence-electron chi connectivity index (χ1n) is 12.8. The third-order valence-electron chi connectivity index (χ3n) is 6.60. The Morgan fingerprint density at radius 2 is 1.19 bits per heavy atom. The van der Waals surface area contributed by atoms with Gasteiger partial charge in [-0.25, -0.2) is 8.78 Å². The molecule has 0 radical (unpaired) electrons. The zero-order valence-electron chi connectivity index (χ0n) is 21.5. The van der Waals surface area contributed by atoms with Gasteiger partial charge in [0.25, 0.3) is 0 Å². The van der Waals surface area contributed by atoms with Crippen molar-refractivity contribution < 1.29 is 22.4 Å². The summed E-state index contributed by atoms with van der Waals surface area (Å²) in [5.41, 5.74) is 4.11. The summed E-state index contributed by atoms with van der Waals surface area (Å²) in [6, 6.07) is 21.2. The maximum Gasteiger partial charge on any atom is 0.335 e. The minimum atomic E-state index is -3.12. The number of hydrogen-bond donors (Lipinski definition) is 0. The molecule has 0 bridgehead atoms. The maximum atomic E-state index is 13.6. The highest BCUT2D eigenvalue weighted by atomic mass is 31.2. The van der Waals surface area contributed by atoms with Gasteiger partial charge in [-0.1, -0.05) is 48.5 Å². The fourth-order valence-corrected chi connectivity index (χ4v) is 6.54. The zero-order valence-corrected chi connectivity index (χ0v) is 22.4. The van der Waals surface area contributed by atoms with Gasteiger partial charge in [-0.2, -0.15) is 0 Å². The molecule has 0 aliphatic carbocycles. The first kappa shape index (κ1) is 27.6. The molecule has 5 nitrogen and oxygen atoms in total. The van der Waals surface area contributed by atoms with E-state index >= 15 is 0 Å². The average molecular weight is 529 g/mol. The van der Waals surface area contributed by atoms with Gasteiger partial charge < -0.3 is 9.05 Å². The molecular weight excluding hydrogens is 493 g/mol. The molecule has 1 aliphatic heterocycles.